The Morgan fingerprint density at radius 1 is 1.06 bits per heavy atom. The minimum absolute atomic E-state index is 0.339. The molecule has 1 rings (SSSR count). The van der Waals surface area contributed by atoms with E-state index >= 15 is 0 Å². The monoisotopic (exact) mass is 249 g/mol. The molecule has 0 aliphatic rings. The van der Waals surface area contributed by atoms with Gasteiger partial charge in [-0.2, -0.15) is 0 Å². The Labute approximate surface area is 112 Å². The topological polar surface area (TPSA) is 21.3 Å². The molecule has 1 unspecified atom stereocenters. The Balaban J connectivity index is 2.34. The number of ether oxygens (including phenoxy) is 1. The molecule has 0 saturated carbocycles. The van der Waals surface area contributed by atoms with Gasteiger partial charge in [-0.25, -0.2) is 0 Å². The molecule has 0 radical (unpaired) electrons. The van der Waals surface area contributed by atoms with Crippen molar-refractivity contribution in [3.63, 3.8) is 0 Å². The molecule has 1 aromatic carbocycles. The molecule has 1 aromatic rings. The lowest BCUT2D eigenvalue weighted by Crippen LogP contribution is -2.12. The summed E-state index contributed by atoms with van der Waals surface area (Å²) in [5.41, 5.74) is 2.58. The standard InChI is InChI=1S/C16H27NO/c1-5-17-11-15-6-8-16(9-7-15)12-18-14(4)10-13(2)3/h6-9,13-14,17H,5,10-12H2,1-4H3. The van der Waals surface area contributed by atoms with E-state index in [1.807, 2.05) is 0 Å². The van der Waals surface area contributed by atoms with E-state index in [2.05, 4.69) is 57.3 Å². The zero-order chi connectivity index (χ0) is 13.4. The average molecular weight is 249 g/mol. The van der Waals surface area contributed by atoms with Crippen LogP contribution in [0.2, 0.25) is 0 Å². The Morgan fingerprint density at radius 3 is 2.22 bits per heavy atom. The molecule has 0 bridgehead atoms. The molecule has 1 atom stereocenters. The molecule has 2 heteroatoms. The van der Waals surface area contributed by atoms with Crippen molar-refractivity contribution in [1.82, 2.24) is 5.32 Å². The number of hydrogen-bond acceptors (Lipinski definition) is 2. The van der Waals surface area contributed by atoms with Gasteiger partial charge in [-0.3, -0.25) is 0 Å². The Morgan fingerprint density at radius 2 is 1.67 bits per heavy atom. The molecule has 0 spiro atoms. The van der Waals surface area contributed by atoms with Crippen molar-refractivity contribution in [1.29, 1.82) is 0 Å². The predicted octanol–water partition coefficient (Wildman–Crippen LogP) is 3.75. The van der Waals surface area contributed by atoms with E-state index in [1.165, 1.54) is 11.1 Å². The fraction of sp³-hybridized carbons (Fsp3) is 0.625. The van der Waals surface area contributed by atoms with Crippen LogP contribution in [0.1, 0.15) is 45.2 Å². The first-order chi connectivity index (χ1) is 8.61. The number of hydrogen-bond donors (Lipinski definition) is 1. The molecular weight excluding hydrogens is 222 g/mol. The molecule has 18 heavy (non-hydrogen) atoms. The van der Waals surface area contributed by atoms with Crippen molar-refractivity contribution in [3.05, 3.63) is 35.4 Å². The maximum Gasteiger partial charge on any atom is 0.0720 e. The van der Waals surface area contributed by atoms with E-state index in [-0.39, 0.29) is 0 Å². The van der Waals surface area contributed by atoms with Crippen molar-refractivity contribution >= 4 is 0 Å². The molecule has 0 saturated heterocycles. The zero-order valence-electron chi connectivity index (χ0n) is 12.2. The van der Waals surface area contributed by atoms with Gasteiger partial charge in [0.1, 0.15) is 0 Å². The fourth-order valence-electron chi connectivity index (χ4n) is 1.99. The molecule has 2 nitrogen and oxygen atoms in total. The first kappa shape index (κ1) is 15.2. The summed E-state index contributed by atoms with van der Waals surface area (Å²) in [4.78, 5) is 0. The predicted molar refractivity (Wildman–Crippen MR) is 77.5 cm³/mol. The van der Waals surface area contributed by atoms with Crippen LogP contribution in [0.5, 0.6) is 0 Å². The van der Waals surface area contributed by atoms with Crippen molar-refractivity contribution in [2.24, 2.45) is 5.92 Å². The van der Waals surface area contributed by atoms with E-state index in [0.717, 1.165) is 26.1 Å². The summed E-state index contributed by atoms with van der Waals surface area (Å²) in [6.07, 6.45) is 1.46. The summed E-state index contributed by atoms with van der Waals surface area (Å²) in [5, 5.41) is 3.32. The van der Waals surface area contributed by atoms with Gasteiger partial charge in [0.15, 0.2) is 0 Å². The van der Waals surface area contributed by atoms with E-state index in [0.29, 0.717) is 12.0 Å². The largest absolute Gasteiger partial charge is 0.374 e. The van der Waals surface area contributed by atoms with E-state index in [9.17, 15) is 0 Å². The molecule has 0 amide bonds. The van der Waals surface area contributed by atoms with Crippen LogP contribution in [0.25, 0.3) is 0 Å². The van der Waals surface area contributed by atoms with Gasteiger partial charge in [0.05, 0.1) is 12.7 Å². The zero-order valence-corrected chi connectivity index (χ0v) is 12.2. The van der Waals surface area contributed by atoms with E-state index < -0.39 is 0 Å². The first-order valence-corrected chi connectivity index (χ1v) is 7.02. The highest BCUT2D eigenvalue weighted by molar-refractivity contribution is 5.21. The maximum atomic E-state index is 5.84. The third kappa shape index (κ3) is 6.18. The lowest BCUT2D eigenvalue weighted by atomic mass is 10.1. The summed E-state index contributed by atoms with van der Waals surface area (Å²) in [6.45, 7) is 11.4. The first-order valence-electron chi connectivity index (χ1n) is 7.02. The molecule has 0 aromatic heterocycles. The Hall–Kier alpha value is -0.860. The second-order valence-corrected chi connectivity index (χ2v) is 5.35. The fourth-order valence-corrected chi connectivity index (χ4v) is 1.99. The molecule has 0 fully saturated rings. The van der Waals surface area contributed by atoms with Crippen LogP contribution >= 0.6 is 0 Å². The van der Waals surface area contributed by atoms with Crippen molar-refractivity contribution in [2.45, 2.75) is 53.4 Å². The summed E-state index contributed by atoms with van der Waals surface area (Å²) >= 11 is 0. The highest BCUT2D eigenvalue weighted by atomic mass is 16.5. The van der Waals surface area contributed by atoms with E-state index in [4.69, 9.17) is 4.74 Å². The maximum absolute atomic E-state index is 5.84. The van der Waals surface area contributed by atoms with Gasteiger partial charge in [0.2, 0.25) is 0 Å². The smallest absolute Gasteiger partial charge is 0.0720 e. The van der Waals surface area contributed by atoms with Gasteiger partial charge in [-0.15, -0.1) is 0 Å². The summed E-state index contributed by atoms with van der Waals surface area (Å²) in [6, 6.07) is 8.67. The van der Waals surface area contributed by atoms with Crippen molar-refractivity contribution in [3.8, 4) is 0 Å². The number of benzene rings is 1. The van der Waals surface area contributed by atoms with Crippen LogP contribution in [0.15, 0.2) is 24.3 Å². The lowest BCUT2D eigenvalue weighted by Gasteiger charge is -2.15. The van der Waals surface area contributed by atoms with Gasteiger partial charge < -0.3 is 10.1 Å². The molecule has 0 aliphatic carbocycles. The molecular formula is C16H27NO. The summed E-state index contributed by atoms with van der Waals surface area (Å²) in [7, 11) is 0. The van der Waals surface area contributed by atoms with Crippen LogP contribution < -0.4 is 5.32 Å². The van der Waals surface area contributed by atoms with Gasteiger partial charge >= 0.3 is 0 Å². The molecule has 0 heterocycles. The van der Waals surface area contributed by atoms with Crippen molar-refractivity contribution in [2.75, 3.05) is 6.54 Å². The molecule has 102 valence electrons. The third-order valence-electron chi connectivity index (χ3n) is 2.94. The summed E-state index contributed by atoms with van der Waals surface area (Å²) < 4.78 is 5.84. The highest BCUT2D eigenvalue weighted by Crippen LogP contribution is 2.11. The second kappa shape index (κ2) is 8.28. The van der Waals surface area contributed by atoms with Crippen LogP contribution in [0.4, 0.5) is 0 Å². The SMILES string of the molecule is CCNCc1ccc(COC(C)CC(C)C)cc1. The van der Waals surface area contributed by atoms with E-state index in [1.54, 1.807) is 0 Å². The molecule has 0 aliphatic heterocycles. The van der Waals surface area contributed by atoms with Crippen LogP contribution in [-0.4, -0.2) is 12.6 Å². The lowest BCUT2D eigenvalue weighted by molar-refractivity contribution is 0.0397. The van der Waals surface area contributed by atoms with Crippen LogP contribution in [0.3, 0.4) is 0 Å². The number of nitrogens with one attached hydrogen (secondary N) is 1. The minimum atomic E-state index is 0.339. The number of rotatable bonds is 8. The van der Waals surface area contributed by atoms with Gasteiger partial charge in [0.25, 0.3) is 0 Å². The quantitative estimate of drug-likeness (QED) is 0.757. The van der Waals surface area contributed by atoms with Gasteiger partial charge in [0, 0.05) is 6.54 Å². The average Bonchev–Trinajstić information content (AvgIpc) is 2.34. The van der Waals surface area contributed by atoms with Gasteiger partial charge in [-0.1, -0.05) is 45.0 Å². The Bertz CT molecular complexity index is 318. The van der Waals surface area contributed by atoms with Gasteiger partial charge in [-0.05, 0) is 36.9 Å². The van der Waals surface area contributed by atoms with Crippen molar-refractivity contribution < 1.29 is 4.74 Å². The van der Waals surface area contributed by atoms with Crippen LogP contribution in [0, 0.1) is 5.92 Å². The summed E-state index contributed by atoms with van der Waals surface area (Å²) in [5.74, 6) is 0.697. The normalized spacial score (nSPS) is 12.9. The highest BCUT2D eigenvalue weighted by Gasteiger charge is 2.05. The van der Waals surface area contributed by atoms with Crippen LogP contribution in [-0.2, 0) is 17.9 Å². The second-order valence-electron chi connectivity index (χ2n) is 5.35. The Kier molecular flexibility index (Phi) is 6.99. The third-order valence-corrected chi connectivity index (χ3v) is 2.94. The molecule has 1 N–H and O–H groups in total. The minimum Gasteiger partial charge on any atom is -0.374 e.